The van der Waals surface area contributed by atoms with E-state index >= 15 is 0 Å². The summed E-state index contributed by atoms with van der Waals surface area (Å²) >= 11 is 0. The molecular formula is C28H37N3O5. The summed E-state index contributed by atoms with van der Waals surface area (Å²) < 4.78 is 17.0. The van der Waals surface area contributed by atoms with Gasteiger partial charge in [0.1, 0.15) is 12.4 Å². The monoisotopic (exact) mass is 495 g/mol. The molecule has 2 aromatic rings. The molecule has 1 aromatic carbocycles. The Morgan fingerprint density at radius 3 is 2.47 bits per heavy atom. The van der Waals surface area contributed by atoms with Gasteiger partial charge in [0.15, 0.2) is 5.76 Å². The molecule has 0 saturated carbocycles. The number of hydrogen-bond acceptors (Lipinski definition) is 7. The smallest absolute Gasteiger partial charge is 0.340 e. The molecule has 0 bridgehead atoms. The lowest BCUT2D eigenvalue weighted by Gasteiger charge is -2.27. The van der Waals surface area contributed by atoms with Crippen LogP contribution >= 0.6 is 0 Å². The summed E-state index contributed by atoms with van der Waals surface area (Å²) in [7, 11) is 0. The predicted molar refractivity (Wildman–Crippen MR) is 137 cm³/mol. The molecular weight excluding hydrogens is 458 g/mol. The van der Waals surface area contributed by atoms with Crippen molar-refractivity contribution in [1.82, 2.24) is 15.0 Å². The molecule has 2 aliphatic rings. The van der Waals surface area contributed by atoms with Gasteiger partial charge in [0.2, 0.25) is 0 Å². The largest absolute Gasteiger partial charge is 0.492 e. The van der Waals surface area contributed by atoms with E-state index in [1.807, 2.05) is 26.0 Å². The van der Waals surface area contributed by atoms with Crippen LogP contribution in [0, 0.1) is 6.92 Å². The normalized spacial score (nSPS) is 17.8. The lowest BCUT2D eigenvalue weighted by Crippen LogP contribution is -2.36. The molecule has 0 radical (unpaired) electrons. The van der Waals surface area contributed by atoms with Gasteiger partial charge < -0.3 is 18.9 Å². The summed E-state index contributed by atoms with van der Waals surface area (Å²) in [6.07, 6.45) is 5.10. The number of likely N-dealkylation sites (tertiary alicyclic amines) is 1. The van der Waals surface area contributed by atoms with Crippen molar-refractivity contribution in [3.05, 3.63) is 53.0 Å². The Kier molecular flexibility index (Phi) is 7.83. The minimum absolute atomic E-state index is 0.214. The van der Waals surface area contributed by atoms with Crippen LogP contribution in [0.15, 0.2) is 35.0 Å². The summed E-state index contributed by atoms with van der Waals surface area (Å²) in [5.74, 6) is 0.580. The van der Waals surface area contributed by atoms with Crippen LogP contribution in [0.5, 0.6) is 5.75 Å². The number of fused-ring (bicyclic) bond motifs is 1. The van der Waals surface area contributed by atoms with Gasteiger partial charge in [-0.15, -0.1) is 0 Å². The molecule has 0 unspecified atom stereocenters. The zero-order chi connectivity index (χ0) is 25.9. The van der Waals surface area contributed by atoms with Crippen molar-refractivity contribution in [2.45, 2.75) is 65.4 Å². The molecule has 1 fully saturated rings. The van der Waals surface area contributed by atoms with Crippen LogP contribution in [0.25, 0.3) is 5.57 Å². The highest BCUT2D eigenvalue weighted by Crippen LogP contribution is 2.38. The van der Waals surface area contributed by atoms with E-state index in [2.05, 4.69) is 10.1 Å². The van der Waals surface area contributed by atoms with Gasteiger partial charge >= 0.3 is 5.97 Å². The summed E-state index contributed by atoms with van der Waals surface area (Å²) in [6.45, 7) is 13.4. The number of ether oxygens (including phenoxy) is 2. The average molecular weight is 496 g/mol. The van der Waals surface area contributed by atoms with Crippen LogP contribution < -0.4 is 4.74 Å². The molecule has 4 rings (SSSR count). The van der Waals surface area contributed by atoms with Gasteiger partial charge in [0.25, 0.3) is 5.91 Å². The van der Waals surface area contributed by atoms with Crippen LogP contribution in [0.3, 0.4) is 0 Å². The van der Waals surface area contributed by atoms with Gasteiger partial charge in [0, 0.05) is 30.3 Å². The van der Waals surface area contributed by atoms with Gasteiger partial charge in [-0.25, -0.2) is 4.79 Å². The lowest BCUT2D eigenvalue weighted by molar-refractivity contribution is -0.140. The summed E-state index contributed by atoms with van der Waals surface area (Å²) in [4.78, 5) is 30.6. The Balaban J connectivity index is 1.52. The molecule has 0 atom stereocenters. The van der Waals surface area contributed by atoms with Crippen molar-refractivity contribution in [1.29, 1.82) is 0 Å². The molecule has 1 saturated heterocycles. The van der Waals surface area contributed by atoms with Crippen LogP contribution in [0.1, 0.15) is 74.3 Å². The number of benzene rings is 1. The Bertz CT molecular complexity index is 1110. The number of piperidine rings is 1. The van der Waals surface area contributed by atoms with E-state index in [4.69, 9.17) is 14.0 Å². The third-order valence-corrected chi connectivity index (χ3v) is 6.65. The van der Waals surface area contributed by atoms with Crippen molar-refractivity contribution in [2.75, 3.05) is 32.8 Å². The number of nitrogens with zero attached hydrogens (tertiary/aromatic N) is 3. The van der Waals surface area contributed by atoms with E-state index in [0.717, 1.165) is 25.4 Å². The van der Waals surface area contributed by atoms with Crippen molar-refractivity contribution >= 4 is 17.4 Å². The molecule has 8 nitrogen and oxygen atoms in total. The average Bonchev–Trinajstić information content (AvgIpc) is 3.18. The maximum Gasteiger partial charge on any atom is 0.340 e. The first-order chi connectivity index (χ1) is 17.2. The number of carbonyl (C=O) groups excluding carboxylic acids is 2. The van der Waals surface area contributed by atoms with E-state index in [1.165, 1.54) is 19.3 Å². The maximum absolute atomic E-state index is 13.6. The molecule has 0 N–H and O–H groups in total. The van der Waals surface area contributed by atoms with Crippen LogP contribution in [0.2, 0.25) is 0 Å². The fourth-order valence-corrected chi connectivity index (χ4v) is 4.81. The Hall–Kier alpha value is -3.13. The SMILES string of the molecule is Cc1noc2c1C(C(=O)OC(C)C)=CN(C(=O)c1ccc(OCCN3CCCCC3)cc1)CC2(C)C. The second-order valence-corrected chi connectivity index (χ2v) is 10.6. The molecule has 0 spiro atoms. The van der Waals surface area contributed by atoms with Crippen molar-refractivity contribution in [3.63, 3.8) is 0 Å². The number of carbonyl (C=O) groups is 2. The Labute approximate surface area is 213 Å². The second-order valence-electron chi connectivity index (χ2n) is 10.6. The minimum Gasteiger partial charge on any atom is -0.492 e. The predicted octanol–water partition coefficient (Wildman–Crippen LogP) is 4.57. The van der Waals surface area contributed by atoms with Crippen LogP contribution in [-0.2, 0) is 14.9 Å². The third kappa shape index (κ3) is 5.81. The zero-order valence-corrected chi connectivity index (χ0v) is 22.0. The Morgan fingerprint density at radius 1 is 1.11 bits per heavy atom. The number of amides is 1. The highest BCUT2D eigenvalue weighted by molar-refractivity contribution is 6.18. The maximum atomic E-state index is 13.6. The first-order valence-electron chi connectivity index (χ1n) is 12.8. The summed E-state index contributed by atoms with van der Waals surface area (Å²) in [6, 6.07) is 7.17. The van der Waals surface area contributed by atoms with E-state index in [1.54, 1.807) is 44.0 Å². The quantitative estimate of drug-likeness (QED) is 0.520. The summed E-state index contributed by atoms with van der Waals surface area (Å²) in [5.41, 5.74) is 1.40. The van der Waals surface area contributed by atoms with Gasteiger partial charge in [-0.2, -0.15) is 0 Å². The van der Waals surface area contributed by atoms with Crippen LogP contribution in [-0.4, -0.2) is 65.7 Å². The van der Waals surface area contributed by atoms with E-state index in [0.29, 0.717) is 35.7 Å². The fraction of sp³-hybridized carbons (Fsp3) is 0.536. The number of aryl methyl sites for hydroxylation is 1. The third-order valence-electron chi connectivity index (χ3n) is 6.65. The van der Waals surface area contributed by atoms with Crippen molar-refractivity contribution in [3.8, 4) is 5.75 Å². The van der Waals surface area contributed by atoms with Crippen molar-refractivity contribution < 1.29 is 23.6 Å². The van der Waals surface area contributed by atoms with E-state index in [-0.39, 0.29) is 17.6 Å². The first-order valence-corrected chi connectivity index (χ1v) is 12.8. The Morgan fingerprint density at radius 2 is 1.81 bits per heavy atom. The molecule has 1 aromatic heterocycles. The standard InChI is InChI=1S/C28H37N3O5/c1-19(2)35-27(33)23-17-31(18-28(4,5)25-24(23)20(3)29-36-25)26(32)21-9-11-22(12-10-21)34-16-15-30-13-7-6-8-14-30/h9-12,17,19H,6-8,13-16,18H2,1-5H3. The summed E-state index contributed by atoms with van der Waals surface area (Å²) in [5, 5.41) is 4.10. The molecule has 2 aliphatic heterocycles. The molecule has 0 aliphatic carbocycles. The number of hydrogen-bond donors (Lipinski definition) is 0. The molecule has 194 valence electrons. The number of esters is 1. The molecule has 3 heterocycles. The highest BCUT2D eigenvalue weighted by atomic mass is 16.5. The fourth-order valence-electron chi connectivity index (χ4n) is 4.81. The van der Waals surface area contributed by atoms with Gasteiger partial charge in [-0.1, -0.05) is 25.4 Å². The highest BCUT2D eigenvalue weighted by Gasteiger charge is 2.39. The topological polar surface area (TPSA) is 85.1 Å². The van der Waals surface area contributed by atoms with E-state index in [9.17, 15) is 9.59 Å². The zero-order valence-electron chi connectivity index (χ0n) is 22.0. The number of rotatable bonds is 7. The minimum atomic E-state index is -0.569. The lowest BCUT2D eigenvalue weighted by atomic mass is 9.86. The van der Waals surface area contributed by atoms with Gasteiger partial charge in [0.05, 0.1) is 22.9 Å². The molecule has 8 heteroatoms. The molecule has 1 amide bonds. The van der Waals surface area contributed by atoms with Crippen molar-refractivity contribution in [2.24, 2.45) is 0 Å². The van der Waals surface area contributed by atoms with Gasteiger partial charge in [-0.3, -0.25) is 9.69 Å². The number of aromatic nitrogens is 1. The first kappa shape index (κ1) is 25.9. The van der Waals surface area contributed by atoms with E-state index < -0.39 is 11.4 Å². The molecule has 36 heavy (non-hydrogen) atoms. The van der Waals surface area contributed by atoms with Crippen LogP contribution in [0.4, 0.5) is 0 Å². The second kappa shape index (κ2) is 10.9. The van der Waals surface area contributed by atoms with Gasteiger partial charge in [-0.05, 0) is 71.0 Å².